The van der Waals surface area contributed by atoms with Crippen LogP contribution in [0.3, 0.4) is 0 Å². The van der Waals surface area contributed by atoms with Crippen LogP contribution in [0.25, 0.3) is 0 Å². The summed E-state index contributed by atoms with van der Waals surface area (Å²) in [5, 5.41) is 0. The van der Waals surface area contributed by atoms with Gasteiger partial charge in [0.05, 0.1) is 5.60 Å². The maximum absolute atomic E-state index is 10.6. The number of rotatable bonds is 4. The standard InChI is InChI=1S/C6H11NO2.C4H10O4S/c1-5(2)6(8)9-4-3-7;1-4(2,3)8-9(5,6)7/h1,3-4,7H2,2H3;1-3H3,(H,5,6,7). The van der Waals surface area contributed by atoms with Gasteiger partial charge in [0, 0.05) is 5.57 Å². The molecule has 18 heavy (non-hydrogen) atoms. The predicted octanol–water partition coefficient (Wildman–Crippen LogP) is -0.391. The Morgan fingerprint density at radius 1 is 1.39 bits per heavy atom. The summed E-state index contributed by atoms with van der Waals surface area (Å²) < 4.78 is 38.3. The first-order valence-corrected chi connectivity index (χ1v) is 6.50. The maximum Gasteiger partial charge on any atom is 0.333 e. The molecule has 108 valence electrons. The molecule has 0 spiro atoms. The molecule has 7 nitrogen and oxygen atoms in total. The van der Waals surface area contributed by atoms with Crippen molar-refractivity contribution < 1.29 is 32.4 Å². The minimum Gasteiger partial charge on any atom is -0.726 e. The molecule has 0 unspecified atom stereocenters. The first-order valence-electron chi connectivity index (χ1n) is 5.17. The molecule has 0 rings (SSSR count). The summed E-state index contributed by atoms with van der Waals surface area (Å²) in [5.74, 6) is -0.335. The first-order chi connectivity index (χ1) is 7.89. The van der Waals surface area contributed by atoms with Crippen molar-refractivity contribution in [3.63, 3.8) is 0 Å². The molecule has 0 aliphatic heterocycles. The fourth-order valence-corrected chi connectivity index (χ4v) is 1.21. The van der Waals surface area contributed by atoms with Gasteiger partial charge in [-0.05, 0) is 27.7 Å². The van der Waals surface area contributed by atoms with Crippen LogP contribution in [-0.4, -0.2) is 37.7 Å². The number of hydrogen-bond donors (Lipinski definition) is 1. The van der Waals surface area contributed by atoms with Crippen LogP contribution in [0.1, 0.15) is 27.7 Å². The molecule has 0 saturated heterocycles. The molecule has 0 radical (unpaired) electrons. The van der Waals surface area contributed by atoms with E-state index in [9.17, 15) is 17.8 Å². The third-order valence-electron chi connectivity index (χ3n) is 1.08. The van der Waals surface area contributed by atoms with E-state index in [2.05, 4.69) is 21.2 Å². The van der Waals surface area contributed by atoms with E-state index in [1.54, 1.807) is 6.92 Å². The molecule has 0 fully saturated rings. The maximum atomic E-state index is 10.6. The second-order valence-electron chi connectivity index (χ2n) is 4.37. The highest BCUT2D eigenvalue weighted by Crippen LogP contribution is 2.09. The average Bonchev–Trinajstić information content (AvgIpc) is 2.08. The molecule has 0 aromatic rings. The van der Waals surface area contributed by atoms with Crippen molar-refractivity contribution >= 4 is 16.4 Å². The third-order valence-corrected chi connectivity index (χ3v) is 1.78. The highest BCUT2D eigenvalue weighted by Gasteiger charge is 2.13. The summed E-state index contributed by atoms with van der Waals surface area (Å²) in [7, 11) is -4.53. The fourth-order valence-electron chi connectivity index (χ4n) is 0.594. The summed E-state index contributed by atoms with van der Waals surface area (Å²) >= 11 is 0. The summed E-state index contributed by atoms with van der Waals surface area (Å²) in [6, 6.07) is 0. The molecule has 0 aliphatic carbocycles. The van der Waals surface area contributed by atoms with Gasteiger partial charge in [0.25, 0.3) is 0 Å². The second kappa shape index (κ2) is 8.20. The van der Waals surface area contributed by atoms with Crippen molar-refractivity contribution in [3.05, 3.63) is 12.2 Å². The van der Waals surface area contributed by atoms with Crippen LogP contribution in [0.4, 0.5) is 0 Å². The molecular weight excluding hydrogens is 262 g/mol. The summed E-state index contributed by atoms with van der Waals surface area (Å²) in [4.78, 5) is 10.6. The molecule has 0 heterocycles. The summed E-state index contributed by atoms with van der Waals surface area (Å²) in [5.41, 5.74) is 3.03. The summed E-state index contributed by atoms with van der Waals surface area (Å²) in [6.07, 6.45) is 0. The zero-order valence-corrected chi connectivity index (χ0v) is 12.0. The molecule has 0 aromatic heterocycles. The average molecular weight is 283 g/mol. The topological polar surface area (TPSA) is 120 Å². The Bertz CT molecular complexity index is 368. The number of hydrogen-bond acceptors (Lipinski definition) is 6. The van der Waals surface area contributed by atoms with E-state index in [1.807, 2.05) is 0 Å². The molecule has 0 aromatic carbocycles. The van der Waals surface area contributed by atoms with Crippen molar-refractivity contribution in [2.24, 2.45) is 0 Å². The molecule has 0 amide bonds. The lowest BCUT2D eigenvalue weighted by Crippen LogP contribution is -2.52. The van der Waals surface area contributed by atoms with Crippen molar-refractivity contribution in [2.75, 3.05) is 13.2 Å². The van der Waals surface area contributed by atoms with Crippen molar-refractivity contribution in [1.29, 1.82) is 0 Å². The van der Waals surface area contributed by atoms with E-state index >= 15 is 0 Å². The number of carbonyl (C=O) groups excluding carboxylic acids is 1. The first kappa shape index (κ1) is 19.4. The Kier molecular flexibility index (Phi) is 8.83. The lowest BCUT2D eigenvalue weighted by atomic mass is 10.2. The van der Waals surface area contributed by atoms with E-state index in [0.29, 0.717) is 18.7 Å². The Morgan fingerprint density at radius 3 is 2.00 bits per heavy atom. The molecule has 0 bridgehead atoms. The van der Waals surface area contributed by atoms with Crippen LogP contribution >= 0.6 is 0 Å². The Hall–Kier alpha value is -0.960. The summed E-state index contributed by atoms with van der Waals surface area (Å²) in [6.45, 7) is 10.5. The number of carbonyl (C=O) groups is 1. The van der Waals surface area contributed by atoms with E-state index in [-0.39, 0.29) is 5.97 Å². The van der Waals surface area contributed by atoms with Gasteiger partial charge in [-0.3, -0.25) is 4.18 Å². The van der Waals surface area contributed by atoms with Gasteiger partial charge in [-0.1, -0.05) is 6.58 Å². The molecule has 0 atom stereocenters. The SMILES string of the molecule is C=C(C)C(=O)OCC[NH3+].CC(C)(C)OS(=O)(=O)[O-]. The van der Waals surface area contributed by atoms with Gasteiger partial charge >= 0.3 is 5.97 Å². The van der Waals surface area contributed by atoms with E-state index in [1.165, 1.54) is 20.8 Å². The van der Waals surface area contributed by atoms with Crippen LogP contribution in [0, 0.1) is 0 Å². The Morgan fingerprint density at radius 2 is 1.83 bits per heavy atom. The molecular formula is C10H21NO6S. The largest absolute Gasteiger partial charge is 0.726 e. The zero-order valence-electron chi connectivity index (χ0n) is 11.2. The number of esters is 1. The van der Waals surface area contributed by atoms with Gasteiger partial charge in [0.1, 0.15) is 13.2 Å². The lowest BCUT2D eigenvalue weighted by Gasteiger charge is -2.20. The minimum absolute atomic E-state index is 0.335. The predicted molar refractivity (Wildman–Crippen MR) is 64.1 cm³/mol. The smallest absolute Gasteiger partial charge is 0.333 e. The van der Waals surface area contributed by atoms with Crippen molar-refractivity contribution in [3.8, 4) is 0 Å². The van der Waals surface area contributed by atoms with Crippen molar-refractivity contribution in [1.82, 2.24) is 0 Å². The van der Waals surface area contributed by atoms with Crippen molar-refractivity contribution in [2.45, 2.75) is 33.3 Å². The zero-order chi connectivity index (χ0) is 15.0. The normalized spacial score (nSPS) is 11.2. The highest BCUT2D eigenvalue weighted by molar-refractivity contribution is 7.80. The van der Waals surface area contributed by atoms with Crippen LogP contribution in [0.15, 0.2) is 12.2 Å². The quantitative estimate of drug-likeness (QED) is 0.324. The molecule has 0 saturated carbocycles. The van der Waals surface area contributed by atoms with E-state index in [0.717, 1.165) is 0 Å². The van der Waals surface area contributed by atoms with Gasteiger partial charge in [-0.15, -0.1) is 0 Å². The van der Waals surface area contributed by atoms with Gasteiger partial charge in [-0.25, -0.2) is 13.2 Å². The highest BCUT2D eigenvalue weighted by atomic mass is 32.3. The lowest BCUT2D eigenvalue weighted by molar-refractivity contribution is -0.372. The number of ether oxygens (including phenoxy) is 1. The molecule has 3 N–H and O–H groups in total. The third kappa shape index (κ3) is 17.4. The van der Waals surface area contributed by atoms with Gasteiger partial charge in [0.2, 0.25) is 10.4 Å². The van der Waals surface area contributed by atoms with Gasteiger partial charge in [-0.2, -0.15) is 0 Å². The number of quaternary nitrogens is 1. The fraction of sp³-hybridized carbons (Fsp3) is 0.700. The molecule has 8 heteroatoms. The Balaban J connectivity index is 0. The van der Waals surface area contributed by atoms with Crippen LogP contribution in [-0.2, 0) is 24.1 Å². The monoisotopic (exact) mass is 283 g/mol. The van der Waals surface area contributed by atoms with E-state index in [4.69, 9.17) is 0 Å². The Labute approximate surface area is 108 Å². The van der Waals surface area contributed by atoms with E-state index < -0.39 is 16.0 Å². The van der Waals surface area contributed by atoms with Crippen LogP contribution < -0.4 is 5.73 Å². The van der Waals surface area contributed by atoms with Crippen LogP contribution in [0.2, 0.25) is 0 Å². The second-order valence-corrected chi connectivity index (χ2v) is 5.36. The van der Waals surface area contributed by atoms with Gasteiger partial charge < -0.3 is 15.0 Å². The van der Waals surface area contributed by atoms with Gasteiger partial charge in [0.15, 0.2) is 0 Å². The van der Waals surface area contributed by atoms with Crippen LogP contribution in [0.5, 0.6) is 0 Å². The molecule has 0 aliphatic rings. The minimum atomic E-state index is -4.53.